The molecular weight excluding hydrogens is 655 g/mol. The van der Waals surface area contributed by atoms with Crippen molar-refractivity contribution in [3.63, 3.8) is 0 Å². The van der Waals surface area contributed by atoms with E-state index in [1.165, 1.54) is 44.2 Å². The molecule has 0 fully saturated rings. The van der Waals surface area contributed by atoms with Gasteiger partial charge in [0, 0.05) is 27.5 Å². The first-order valence-corrected chi connectivity index (χ1v) is 18.4. The number of rotatable bonds is 7. The van der Waals surface area contributed by atoms with Crippen LogP contribution in [0.3, 0.4) is 0 Å². The Morgan fingerprint density at radius 2 is 0.852 bits per heavy atom. The summed E-state index contributed by atoms with van der Waals surface area (Å²) in [7, 11) is 0. The number of benzene rings is 9. The number of furan rings is 1. The van der Waals surface area contributed by atoms with Gasteiger partial charge in [0.2, 0.25) is 0 Å². The fourth-order valence-electron chi connectivity index (χ4n) is 7.88. The highest BCUT2D eigenvalue weighted by atomic mass is 16.3. The standard InChI is InChI=1S/C52H35NO/c1-3-13-36(14-4-1)37-25-30-42(31-26-37)53(49-22-11-18-39-17-7-8-19-44(39)49)43-32-27-38(28-33-43)41-29-34-45(48(35-41)40-15-5-2-6-16-40)46-21-12-24-51-52(46)47-20-9-10-23-50(47)54-51/h1-35H. The number of hydrogen-bond donors (Lipinski definition) is 0. The van der Waals surface area contributed by atoms with E-state index in [1.807, 2.05) is 12.1 Å². The molecule has 0 N–H and O–H groups in total. The number of para-hydroxylation sites is 1. The summed E-state index contributed by atoms with van der Waals surface area (Å²) in [4.78, 5) is 2.37. The van der Waals surface area contributed by atoms with Crippen molar-refractivity contribution >= 4 is 49.8 Å². The molecule has 254 valence electrons. The molecule has 0 aliphatic carbocycles. The van der Waals surface area contributed by atoms with Crippen LogP contribution >= 0.6 is 0 Å². The lowest BCUT2D eigenvalue weighted by molar-refractivity contribution is 0.669. The van der Waals surface area contributed by atoms with Crippen molar-refractivity contribution < 1.29 is 4.42 Å². The first-order chi connectivity index (χ1) is 26.8. The zero-order chi connectivity index (χ0) is 35.8. The van der Waals surface area contributed by atoms with Crippen LogP contribution in [-0.4, -0.2) is 0 Å². The van der Waals surface area contributed by atoms with Crippen molar-refractivity contribution in [3.05, 3.63) is 212 Å². The maximum absolute atomic E-state index is 6.29. The van der Waals surface area contributed by atoms with Gasteiger partial charge in [0.1, 0.15) is 11.2 Å². The second-order valence-corrected chi connectivity index (χ2v) is 13.7. The third-order valence-corrected chi connectivity index (χ3v) is 10.5. The van der Waals surface area contributed by atoms with Gasteiger partial charge in [0.25, 0.3) is 0 Å². The van der Waals surface area contributed by atoms with Gasteiger partial charge in [-0.15, -0.1) is 0 Å². The van der Waals surface area contributed by atoms with Crippen LogP contribution in [-0.2, 0) is 0 Å². The Morgan fingerprint density at radius 3 is 1.59 bits per heavy atom. The van der Waals surface area contributed by atoms with E-state index in [-0.39, 0.29) is 0 Å². The van der Waals surface area contributed by atoms with Crippen LogP contribution in [0.15, 0.2) is 217 Å². The van der Waals surface area contributed by atoms with Crippen LogP contribution in [0.2, 0.25) is 0 Å². The Balaban J connectivity index is 1.08. The first kappa shape index (κ1) is 31.6. The fourth-order valence-corrected chi connectivity index (χ4v) is 7.88. The minimum Gasteiger partial charge on any atom is -0.456 e. The SMILES string of the molecule is c1ccc(-c2ccc(N(c3ccc(-c4ccc(-c5cccc6oc7ccccc7c56)c(-c5ccccc5)c4)cc3)c3cccc4ccccc34)cc2)cc1. The van der Waals surface area contributed by atoms with Gasteiger partial charge in [-0.1, -0.05) is 164 Å². The molecular formula is C52H35NO. The Hall–Kier alpha value is -7.16. The zero-order valence-corrected chi connectivity index (χ0v) is 29.6. The van der Waals surface area contributed by atoms with Gasteiger partial charge in [-0.25, -0.2) is 0 Å². The Kier molecular flexibility index (Phi) is 7.85. The molecule has 1 aromatic heterocycles. The normalized spacial score (nSPS) is 11.3. The van der Waals surface area contributed by atoms with E-state index in [2.05, 4.69) is 205 Å². The molecule has 0 saturated heterocycles. The van der Waals surface area contributed by atoms with Gasteiger partial charge in [-0.2, -0.15) is 0 Å². The summed E-state index contributed by atoms with van der Waals surface area (Å²) in [5, 5.41) is 4.70. The highest BCUT2D eigenvalue weighted by Gasteiger charge is 2.18. The summed E-state index contributed by atoms with van der Waals surface area (Å²) in [6, 6.07) is 75.9. The average molecular weight is 690 g/mol. The molecule has 0 aliphatic rings. The molecule has 9 aromatic carbocycles. The van der Waals surface area contributed by atoms with E-state index in [1.54, 1.807) is 0 Å². The van der Waals surface area contributed by atoms with E-state index in [4.69, 9.17) is 4.42 Å². The maximum Gasteiger partial charge on any atom is 0.136 e. The van der Waals surface area contributed by atoms with Crippen molar-refractivity contribution in [2.24, 2.45) is 0 Å². The number of anilines is 3. The number of nitrogens with zero attached hydrogens (tertiary/aromatic N) is 1. The van der Waals surface area contributed by atoms with Crippen molar-refractivity contribution in [2.75, 3.05) is 4.90 Å². The number of fused-ring (bicyclic) bond motifs is 4. The molecule has 0 amide bonds. The molecule has 2 heteroatoms. The van der Waals surface area contributed by atoms with E-state index in [9.17, 15) is 0 Å². The van der Waals surface area contributed by atoms with E-state index in [0.717, 1.165) is 50.1 Å². The van der Waals surface area contributed by atoms with Crippen LogP contribution in [0.5, 0.6) is 0 Å². The predicted molar refractivity (Wildman–Crippen MR) is 228 cm³/mol. The minimum atomic E-state index is 0.901. The summed E-state index contributed by atoms with van der Waals surface area (Å²) in [5.74, 6) is 0. The highest BCUT2D eigenvalue weighted by molar-refractivity contribution is 6.13. The molecule has 0 aliphatic heterocycles. The zero-order valence-electron chi connectivity index (χ0n) is 29.6. The summed E-state index contributed by atoms with van der Waals surface area (Å²) < 4.78 is 6.29. The Morgan fingerprint density at radius 1 is 0.315 bits per heavy atom. The second-order valence-electron chi connectivity index (χ2n) is 13.7. The van der Waals surface area contributed by atoms with Crippen LogP contribution in [0, 0.1) is 0 Å². The highest BCUT2D eigenvalue weighted by Crippen LogP contribution is 2.43. The second kappa shape index (κ2) is 13.4. The van der Waals surface area contributed by atoms with Gasteiger partial charge in [-0.05, 0) is 98.4 Å². The van der Waals surface area contributed by atoms with Gasteiger partial charge in [-0.3, -0.25) is 0 Å². The summed E-state index contributed by atoms with van der Waals surface area (Å²) >= 11 is 0. The molecule has 0 atom stereocenters. The van der Waals surface area contributed by atoms with Crippen molar-refractivity contribution in [1.82, 2.24) is 0 Å². The van der Waals surface area contributed by atoms with E-state index < -0.39 is 0 Å². The minimum absolute atomic E-state index is 0.901. The molecule has 10 aromatic rings. The quantitative estimate of drug-likeness (QED) is 0.166. The summed E-state index contributed by atoms with van der Waals surface area (Å²) in [6.07, 6.45) is 0. The Labute approximate surface area is 314 Å². The molecule has 2 nitrogen and oxygen atoms in total. The molecule has 10 rings (SSSR count). The summed E-state index contributed by atoms with van der Waals surface area (Å²) in [5.41, 5.74) is 14.6. The third kappa shape index (κ3) is 5.62. The molecule has 0 spiro atoms. The van der Waals surface area contributed by atoms with Gasteiger partial charge in [0.05, 0.1) is 5.69 Å². The number of hydrogen-bond acceptors (Lipinski definition) is 2. The van der Waals surface area contributed by atoms with E-state index >= 15 is 0 Å². The molecule has 0 unspecified atom stereocenters. The van der Waals surface area contributed by atoms with Crippen molar-refractivity contribution in [1.29, 1.82) is 0 Å². The predicted octanol–water partition coefficient (Wildman–Crippen LogP) is 14.9. The molecule has 0 bridgehead atoms. The van der Waals surface area contributed by atoms with Gasteiger partial charge in [0.15, 0.2) is 0 Å². The average Bonchev–Trinajstić information content (AvgIpc) is 3.64. The van der Waals surface area contributed by atoms with Crippen molar-refractivity contribution in [3.8, 4) is 44.5 Å². The Bertz CT molecular complexity index is 2900. The monoisotopic (exact) mass is 689 g/mol. The topological polar surface area (TPSA) is 16.4 Å². The van der Waals surface area contributed by atoms with Crippen LogP contribution in [0.1, 0.15) is 0 Å². The molecule has 0 radical (unpaired) electrons. The van der Waals surface area contributed by atoms with Crippen molar-refractivity contribution in [2.45, 2.75) is 0 Å². The lowest BCUT2D eigenvalue weighted by Gasteiger charge is -2.27. The lowest BCUT2D eigenvalue weighted by Crippen LogP contribution is -2.10. The van der Waals surface area contributed by atoms with Gasteiger partial charge < -0.3 is 9.32 Å². The van der Waals surface area contributed by atoms with E-state index in [0.29, 0.717) is 0 Å². The smallest absolute Gasteiger partial charge is 0.136 e. The van der Waals surface area contributed by atoms with Gasteiger partial charge >= 0.3 is 0 Å². The van der Waals surface area contributed by atoms with Crippen LogP contribution in [0.4, 0.5) is 17.1 Å². The fraction of sp³-hybridized carbons (Fsp3) is 0. The largest absolute Gasteiger partial charge is 0.456 e. The lowest BCUT2D eigenvalue weighted by atomic mass is 9.89. The molecule has 54 heavy (non-hydrogen) atoms. The summed E-state index contributed by atoms with van der Waals surface area (Å²) in [6.45, 7) is 0. The third-order valence-electron chi connectivity index (χ3n) is 10.5. The van der Waals surface area contributed by atoms with Crippen LogP contribution < -0.4 is 4.90 Å². The first-order valence-electron chi connectivity index (χ1n) is 18.4. The maximum atomic E-state index is 6.29. The molecule has 0 saturated carbocycles. The molecule has 1 heterocycles. The van der Waals surface area contributed by atoms with Crippen LogP contribution in [0.25, 0.3) is 77.2 Å².